The fourth-order valence-corrected chi connectivity index (χ4v) is 3.61. The van der Waals surface area contributed by atoms with Gasteiger partial charge in [0.2, 0.25) is 10.0 Å². The number of aromatic carboxylic acids is 1. The number of methoxy groups -OCH3 is 1. The van der Waals surface area contributed by atoms with Gasteiger partial charge in [-0.25, -0.2) is 13.2 Å². The van der Waals surface area contributed by atoms with Gasteiger partial charge in [0, 0.05) is 13.1 Å². The first kappa shape index (κ1) is 14.8. The molecule has 2 N–H and O–H groups in total. The van der Waals surface area contributed by atoms with Crippen LogP contribution in [0.1, 0.15) is 16.8 Å². The summed E-state index contributed by atoms with van der Waals surface area (Å²) in [4.78, 5) is 11.0. The van der Waals surface area contributed by atoms with Gasteiger partial charge < -0.3 is 14.9 Å². The van der Waals surface area contributed by atoms with Crippen molar-refractivity contribution >= 4 is 16.0 Å². The van der Waals surface area contributed by atoms with Crippen molar-refractivity contribution in [3.63, 3.8) is 0 Å². The smallest absolute Gasteiger partial charge is 0.339 e. The molecule has 0 radical (unpaired) electrons. The Kier molecular flexibility index (Phi) is 3.98. The summed E-state index contributed by atoms with van der Waals surface area (Å²) in [5, 5.41) is 18.5. The number of benzene rings is 1. The zero-order valence-corrected chi connectivity index (χ0v) is 11.6. The average Bonchev–Trinajstić information content (AvgIpc) is 2.85. The molecule has 8 heteroatoms. The first-order valence-electron chi connectivity index (χ1n) is 5.96. The lowest BCUT2D eigenvalue weighted by Gasteiger charge is -2.16. The van der Waals surface area contributed by atoms with Gasteiger partial charge >= 0.3 is 5.97 Å². The van der Waals surface area contributed by atoms with Crippen molar-refractivity contribution in [1.29, 1.82) is 0 Å². The Hall–Kier alpha value is -1.64. The van der Waals surface area contributed by atoms with Crippen molar-refractivity contribution in [2.24, 2.45) is 0 Å². The Labute approximate surface area is 116 Å². The molecule has 0 bridgehead atoms. The summed E-state index contributed by atoms with van der Waals surface area (Å²) in [6, 6.07) is 3.68. The minimum absolute atomic E-state index is 0.0246. The van der Waals surface area contributed by atoms with Crippen LogP contribution in [-0.4, -0.2) is 55.2 Å². The summed E-state index contributed by atoms with van der Waals surface area (Å²) in [5.74, 6) is -1.17. The number of carbonyl (C=O) groups is 1. The molecule has 0 spiro atoms. The van der Waals surface area contributed by atoms with E-state index in [1.165, 1.54) is 19.2 Å². The number of aliphatic hydroxyl groups excluding tert-OH is 1. The molecule has 0 amide bonds. The van der Waals surface area contributed by atoms with E-state index in [1.54, 1.807) is 0 Å². The topological polar surface area (TPSA) is 104 Å². The zero-order chi connectivity index (χ0) is 14.9. The van der Waals surface area contributed by atoms with Crippen LogP contribution in [0.15, 0.2) is 23.1 Å². The minimum atomic E-state index is -3.80. The number of hydrogen-bond donors (Lipinski definition) is 2. The summed E-state index contributed by atoms with van der Waals surface area (Å²) in [6.07, 6.45) is -0.303. The first-order chi connectivity index (χ1) is 9.36. The maximum absolute atomic E-state index is 12.3. The maximum Gasteiger partial charge on any atom is 0.339 e. The maximum atomic E-state index is 12.3. The molecule has 2 rings (SSSR count). The number of rotatable bonds is 4. The van der Waals surface area contributed by atoms with Gasteiger partial charge in [-0.05, 0) is 24.6 Å². The Balaban J connectivity index is 2.42. The third kappa shape index (κ3) is 2.62. The number of carboxylic acid groups (broad SMARTS) is 1. The van der Waals surface area contributed by atoms with Crippen LogP contribution in [-0.2, 0) is 10.0 Å². The Morgan fingerprint density at radius 1 is 1.45 bits per heavy atom. The second kappa shape index (κ2) is 5.39. The fraction of sp³-hybridized carbons (Fsp3) is 0.417. The molecular weight excluding hydrogens is 286 g/mol. The van der Waals surface area contributed by atoms with Crippen LogP contribution >= 0.6 is 0 Å². The van der Waals surface area contributed by atoms with Crippen molar-refractivity contribution in [2.75, 3.05) is 20.2 Å². The third-order valence-electron chi connectivity index (χ3n) is 3.17. The normalized spacial score (nSPS) is 20.0. The van der Waals surface area contributed by atoms with Gasteiger partial charge in [0.15, 0.2) is 0 Å². The van der Waals surface area contributed by atoms with E-state index in [-0.39, 0.29) is 29.3 Å². The predicted octanol–water partition coefficient (Wildman–Crippen LogP) is 0.149. The van der Waals surface area contributed by atoms with Gasteiger partial charge in [0.05, 0.1) is 18.1 Å². The second-order valence-corrected chi connectivity index (χ2v) is 6.41. The Bertz CT molecular complexity index is 627. The lowest BCUT2D eigenvalue weighted by molar-refractivity contribution is 0.0693. The molecule has 1 atom stereocenters. The third-order valence-corrected chi connectivity index (χ3v) is 5.03. The van der Waals surface area contributed by atoms with Gasteiger partial charge in [-0.15, -0.1) is 0 Å². The van der Waals surface area contributed by atoms with Gasteiger partial charge in [0.1, 0.15) is 11.3 Å². The number of nitrogens with zero attached hydrogens (tertiary/aromatic N) is 1. The Morgan fingerprint density at radius 2 is 2.15 bits per heavy atom. The average molecular weight is 301 g/mol. The van der Waals surface area contributed by atoms with E-state index in [9.17, 15) is 18.3 Å². The molecule has 1 aliphatic heterocycles. The summed E-state index contributed by atoms with van der Waals surface area (Å²) >= 11 is 0. The zero-order valence-electron chi connectivity index (χ0n) is 10.8. The first-order valence-corrected chi connectivity index (χ1v) is 7.40. The van der Waals surface area contributed by atoms with Crippen LogP contribution in [0.2, 0.25) is 0 Å². The molecule has 1 fully saturated rings. The lowest BCUT2D eigenvalue weighted by atomic mass is 10.2. The van der Waals surface area contributed by atoms with Gasteiger partial charge in [0.25, 0.3) is 0 Å². The van der Waals surface area contributed by atoms with E-state index < -0.39 is 22.1 Å². The number of carboxylic acids is 1. The molecule has 1 aromatic carbocycles. The number of aliphatic hydroxyl groups is 1. The summed E-state index contributed by atoms with van der Waals surface area (Å²) in [5.41, 5.74) is -0.215. The molecule has 1 heterocycles. The highest BCUT2D eigenvalue weighted by Crippen LogP contribution is 2.26. The van der Waals surface area contributed by atoms with E-state index in [1.807, 2.05) is 0 Å². The highest BCUT2D eigenvalue weighted by atomic mass is 32.2. The molecule has 7 nitrogen and oxygen atoms in total. The van der Waals surface area contributed by atoms with Crippen LogP contribution in [0.3, 0.4) is 0 Å². The monoisotopic (exact) mass is 301 g/mol. The highest BCUT2D eigenvalue weighted by Gasteiger charge is 2.32. The van der Waals surface area contributed by atoms with Crippen LogP contribution in [0.4, 0.5) is 0 Å². The molecule has 0 saturated carbocycles. The fourth-order valence-electron chi connectivity index (χ4n) is 2.09. The molecule has 1 saturated heterocycles. The van der Waals surface area contributed by atoms with E-state index in [0.717, 1.165) is 10.4 Å². The van der Waals surface area contributed by atoms with Gasteiger partial charge in [-0.2, -0.15) is 4.31 Å². The van der Waals surface area contributed by atoms with Crippen LogP contribution in [0.25, 0.3) is 0 Å². The lowest BCUT2D eigenvalue weighted by Crippen LogP contribution is -2.29. The van der Waals surface area contributed by atoms with Crippen molar-refractivity contribution in [1.82, 2.24) is 4.31 Å². The Morgan fingerprint density at radius 3 is 2.65 bits per heavy atom. The van der Waals surface area contributed by atoms with Crippen molar-refractivity contribution in [2.45, 2.75) is 17.4 Å². The molecule has 20 heavy (non-hydrogen) atoms. The van der Waals surface area contributed by atoms with E-state index in [2.05, 4.69) is 0 Å². The standard InChI is InChI=1S/C12H15NO6S/c1-19-11-3-2-9(6-10(11)12(15)16)20(17,18)13-5-4-8(14)7-13/h2-3,6,8,14H,4-5,7H2,1H3,(H,15,16)/t8-/m0/s1. The molecule has 1 aliphatic rings. The molecule has 0 aliphatic carbocycles. The van der Waals surface area contributed by atoms with Gasteiger partial charge in [-0.1, -0.05) is 0 Å². The van der Waals surface area contributed by atoms with Gasteiger partial charge in [-0.3, -0.25) is 0 Å². The summed E-state index contributed by atoms with van der Waals surface area (Å²) in [7, 11) is -2.49. The molecule has 0 aromatic heterocycles. The van der Waals surface area contributed by atoms with Crippen molar-refractivity contribution in [3.05, 3.63) is 23.8 Å². The van der Waals surface area contributed by atoms with Crippen LogP contribution in [0.5, 0.6) is 5.75 Å². The summed E-state index contributed by atoms with van der Waals surface area (Å²) in [6.45, 7) is 0.245. The van der Waals surface area contributed by atoms with Crippen LogP contribution < -0.4 is 4.74 Å². The number of β-amino-alcohol motifs (C(OH)–C–C–N with tert-alkyl or cyclic N) is 1. The molecule has 0 unspecified atom stereocenters. The predicted molar refractivity (Wildman–Crippen MR) is 69.3 cm³/mol. The minimum Gasteiger partial charge on any atom is -0.496 e. The van der Waals surface area contributed by atoms with Crippen molar-refractivity contribution in [3.8, 4) is 5.75 Å². The van der Waals surface area contributed by atoms with E-state index in [0.29, 0.717) is 6.42 Å². The molecule has 110 valence electrons. The number of sulfonamides is 1. The molecule has 1 aromatic rings. The van der Waals surface area contributed by atoms with Crippen LogP contribution in [0, 0.1) is 0 Å². The van der Waals surface area contributed by atoms with E-state index >= 15 is 0 Å². The van der Waals surface area contributed by atoms with E-state index in [4.69, 9.17) is 9.84 Å². The SMILES string of the molecule is COc1ccc(S(=O)(=O)N2CC[C@H](O)C2)cc1C(=O)O. The molecular formula is C12H15NO6S. The highest BCUT2D eigenvalue weighted by molar-refractivity contribution is 7.89. The van der Waals surface area contributed by atoms with Crippen molar-refractivity contribution < 1.29 is 28.2 Å². The number of hydrogen-bond acceptors (Lipinski definition) is 5. The summed E-state index contributed by atoms with van der Waals surface area (Å²) < 4.78 is 30.7. The quantitative estimate of drug-likeness (QED) is 0.820. The largest absolute Gasteiger partial charge is 0.496 e. The second-order valence-electron chi connectivity index (χ2n) is 4.47. The number of ether oxygens (including phenoxy) is 1.